The molecule has 0 saturated carbocycles. The van der Waals surface area contributed by atoms with Gasteiger partial charge in [0.25, 0.3) is 0 Å². The van der Waals surface area contributed by atoms with Crippen molar-refractivity contribution in [3.8, 4) is 0 Å². The van der Waals surface area contributed by atoms with E-state index in [1.54, 1.807) is 5.01 Å². The van der Waals surface area contributed by atoms with E-state index in [2.05, 4.69) is 5.43 Å². The van der Waals surface area contributed by atoms with E-state index >= 15 is 0 Å². The highest BCUT2D eigenvalue weighted by Crippen LogP contribution is 2.16. The maximum absolute atomic E-state index is 11.7. The number of carbonyl (C=O) groups excluding carboxylic acids is 2. The van der Waals surface area contributed by atoms with Crippen molar-refractivity contribution in [2.75, 3.05) is 13.2 Å². The van der Waals surface area contributed by atoms with Crippen LogP contribution in [-0.2, 0) is 14.3 Å². The Kier molecular flexibility index (Phi) is 5.25. The molecule has 1 saturated heterocycles. The van der Waals surface area contributed by atoms with Crippen molar-refractivity contribution in [1.29, 1.82) is 0 Å². The molecule has 16 heavy (non-hydrogen) atoms. The van der Waals surface area contributed by atoms with Crippen LogP contribution in [0.5, 0.6) is 0 Å². The summed E-state index contributed by atoms with van der Waals surface area (Å²) in [7, 11) is 0. The molecule has 0 aromatic rings. The van der Waals surface area contributed by atoms with Gasteiger partial charge in [-0.3, -0.25) is 15.0 Å². The molecule has 5 nitrogen and oxygen atoms in total. The summed E-state index contributed by atoms with van der Waals surface area (Å²) in [4.78, 5) is 22.6. The van der Waals surface area contributed by atoms with Crippen molar-refractivity contribution in [2.24, 2.45) is 0 Å². The number of carbonyl (C=O) groups is 2. The lowest BCUT2D eigenvalue weighted by Gasteiger charge is -2.22. The summed E-state index contributed by atoms with van der Waals surface area (Å²) in [5.41, 5.74) is 2.66. The first-order chi connectivity index (χ1) is 7.65. The summed E-state index contributed by atoms with van der Waals surface area (Å²) in [5, 5.41) is 1.68. The number of hydrazine groups is 1. The number of rotatable bonds is 5. The molecular formula is C11H20N2O3. The Morgan fingerprint density at radius 1 is 1.50 bits per heavy atom. The van der Waals surface area contributed by atoms with Crippen molar-refractivity contribution in [2.45, 2.75) is 45.6 Å². The summed E-state index contributed by atoms with van der Waals surface area (Å²) >= 11 is 0. The molecule has 1 aliphatic heterocycles. The van der Waals surface area contributed by atoms with Crippen LogP contribution in [0.1, 0.15) is 39.5 Å². The molecule has 1 N–H and O–H groups in total. The van der Waals surface area contributed by atoms with Gasteiger partial charge in [0.2, 0.25) is 5.91 Å². The van der Waals surface area contributed by atoms with E-state index in [1.807, 2.05) is 6.92 Å². The van der Waals surface area contributed by atoms with Gasteiger partial charge < -0.3 is 4.74 Å². The third kappa shape index (κ3) is 3.81. The number of nitrogens with one attached hydrogen (secondary N) is 1. The van der Waals surface area contributed by atoms with Gasteiger partial charge in [0.1, 0.15) is 6.04 Å². The standard InChI is InChI=1S/C11H20N2O3/c1-3-4-8-16-11(15)10-6-5-7-13(10)12-9(2)14/h10H,3-8H2,1-2H3,(H,12,14)/t10-/m0/s1. The molecule has 0 spiro atoms. The maximum atomic E-state index is 11.7. The molecule has 1 fully saturated rings. The van der Waals surface area contributed by atoms with E-state index in [4.69, 9.17) is 4.74 Å². The number of ether oxygens (including phenoxy) is 1. The van der Waals surface area contributed by atoms with Crippen LogP contribution in [0, 0.1) is 0 Å². The molecule has 1 amide bonds. The lowest BCUT2D eigenvalue weighted by atomic mass is 10.2. The predicted octanol–water partition coefficient (Wildman–Crippen LogP) is 0.845. The topological polar surface area (TPSA) is 58.6 Å². The largest absolute Gasteiger partial charge is 0.464 e. The minimum Gasteiger partial charge on any atom is -0.464 e. The molecule has 0 radical (unpaired) electrons. The Morgan fingerprint density at radius 2 is 2.25 bits per heavy atom. The zero-order valence-electron chi connectivity index (χ0n) is 9.99. The highest BCUT2D eigenvalue weighted by molar-refractivity contribution is 5.77. The lowest BCUT2D eigenvalue weighted by Crippen LogP contribution is -2.48. The van der Waals surface area contributed by atoms with Gasteiger partial charge in [-0.05, 0) is 19.3 Å². The summed E-state index contributed by atoms with van der Waals surface area (Å²) in [6, 6.07) is -0.305. The van der Waals surface area contributed by atoms with Crippen molar-refractivity contribution in [1.82, 2.24) is 10.4 Å². The van der Waals surface area contributed by atoms with Gasteiger partial charge in [0, 0.05) is 13.5 Å². The van der Waals surface area contributed by atoms with Gasteiger partial charge in [-0.1, -0.05) is 13.3 Å². The summed E-state index contributed by atoms with van der Waals surface area (Å²) in [6.07, 6.45) is 3.56. The van der Waals surface area contributed by atoms with Crippen molar-refractivity contribution in [3.05, 3.63) is 0 Å². The zero-order chi connectivity index (χ0) is 12.0. The first-order valence-electron chi connectivity index (χ1n) is 5.85. The minimum absolute atomic E-state index is 0.145. The van der Waals surface area contributed by atoms with Gasteiger partial charge in [-0.2, -0.15) is 0 Å². The van der Waals surface area contributed by atoms with Gasteiger partial charge in [-0.25, -0.2) is 5.01 Å². The quantitative estimate of drug-likeness (QED) is 0.559. The van der Waals surface area contributed by atoms with Crippen LogP contribution in [-0.4, -0.2) is 36.1 Å². The zero-order valence-corrected chi connectivity index (χ0v) is 9.99. The molecule has 1 aliphatic rings. The molecule has 0 aliphatic carbocycles. The van der Waals surface area contributed by atoms with Gasteiger partial charge >= 0.3 is 5.97 Å². The van der Waals surface area contributed by atoms with Gasteiger partial charge in [0.15, 0.2) is 0 Å². The molecule has 0 unspecified atom stereocenters. The van der Waals surface area contributed by atoms with Gasteiger partial charge in [0.05, 0.1) is 6.61 Å². The fourth-order valence-corrected chi connectivity index (χ4v) is 1.76. The number of hydrogen-bond donors (Lipinski definition) is 1. The number of unbranched alkanes of at least 4 members (excludes halogenated alkanes) is 1. The highest BCUT2D eigenvalue weighted by atomic mass is 16.5. The Labute approximate surface area is 96.1 Å². The molecule has 1 rings (SSSR count). The lowest BCUT2D eigenvalue weighted by molar-refractivity contribution is -0.150. The average molecular weight is 228 g/mol. The van der Waals surface area contributed by atoms with Crippen LogP contribution < -0.4 is 5.43 Å². The molecule has 5 heteroatoms. The first-order valence-corrected chi connectivity index (χ1v) is 5.85. The molecule has 0 aromatic carbocycles. The Hall–Kier alpha value is -1.10. The number of esters is 1. The monoisotopic (exact) mass is 228 g/mol. The second kappa shape index (κ2) is 6.48. The van der Waals surface area contributed by atoms with Crippen LogP contribution in [0.2, 0.25) is 0 Å². The normalized spacial score (nSPS) is 20.8. The minimum atomic E-state index is -0.305. The van der Waals surface area contributed by atoms with Crippen LogP contribution in [0.25, 0.3) is 0 Å². The molecular weight excluding hydrogens is 208 g/mol. The Morgan fingerprint density at radius 3 is 2.88 bits per heavy atom. The van der Waals surface area contributed by atoms with E-state index < -0.39 is 0 Å². The average Bonchev–Trinajstić information content (AvgIpc) is 2.65. The molecule has 1 atom stereocenters. The maximum Gasteiger partial charge on any atom is 0.325 e. The van der Waals surface area contributed by atoms with E-state index in [0.717, 1.165) is 25.7 Å². The number of nitrogens with zero attached hydrogens (tertiary/aromatic N) is 1. The van der Waals surface area contributed by atoms with Crippen LogP contribution in [0.15, 0.2) is 0 Å². The van der Waals surface area contributed by atoms with Crippen molar-refractivity contribution >= 4 is 11.9 Å². The second-order valence-electron chi connectivity index (χ2n) is 4.04. The first kappa shape index (κ1) is 13.0. The smallest absolute Gasteiger partial charge is 0.325 e. The van der Waals surface area contributed by atoms with Crippen LogP contribution >= 0.6 is 0 Å². The fourth-order valence-electron chi connectivity index (χ4n) is 1.76. The van der Waals surface area contributed by atoms with E-state index in [-0.39, 0.29) is 17.9 Å². The Bertz CT molecular complexity index is 256. The van der Waals surface area contributed by atoms with Crippen molar-refractivity contribution in [3.63, 3.8) is 0 Å². The molecule has 0 aromatic heterocycles. The summed E-state index contributed by atoms with van der Waals surface area (Å²) in [6.45, 7) is 4.68. The van der Waals surface area contributed by atoms with E-state index in [9.17, 15) is 9.59 Å². The van der Waals surface area contributed by atoms with Crippen LogP contribution in [0.4, 0.5) is 0 Å². The SMILES string of the molecule is CCCCOC(=O)[C@@H]1CCCN1NC(C)=O. The highest BCUT2D eigenvalue weighted by Gasteiger charge is 2.32. The molecule has 1 heterocycles. The van der Waals surface area contributed by atoms with Crippen LogP contribution in [0.3, 0.4) is 0 Å². The summed E-state index contributed by atoms with van der Waals surface area (Å²) < 4.78 is 5.15. The number of hydrogen-bond acceptors (Lipinski definition) is 4. The van der Waals surface area contributed by atoms with Crippen molar-refractivity contribution < 1.29 is 14.3 Å². The molecule has 0 bridgehead atoms. The third-order valence-electron chi connectivity index (χ3n) is 2.57. The van der Waals surface area contributed by atoms with E-state index in [1.165, 1.54) is 6.92 Å². The second-order valence-corrected chi connectivity index (χ2v) is 4.04. The van der Waals surface area contributed by atoms with E-state index in [0.29, 0.717) is 13.2 Å². The summed E-state index contributed by atoms with van der Waals surface area (Å²) in [5.74, 6) is -0.368. The fraction of sp³-hybridized carbons (Fsp3) is 0.818. The molecule has 92 valence electrons. The number of amides is 1. The Balaban J connectivity index is 2.38. The third-order valence-corrected chi connectivity index (χ3v) is 2.57. The van der Waals surface area contributed by atoms with Gasteiger partial charge in [-0.15, -0.1) is 0 Å². The predicted molar refractivity (Wildman–Crippen MR) is 59.4 cm³/mol.